The van der Waals surface area contributed by atoms with Crippen LogP contribution in [0.25, 0.3) is 32.2 Å². The van der Waals surface area contributed by atoms with Crippen molar-refractivity contribution in [1.82, 2.24) is 24.8 Å². The van der Waals surface area contributed by atoms with Gasteiger partial charge in [0.05, 0.1) is 27.3 Å². The van der Waals surface area contributed by atoms with Crippen molar-refractivity contribution in [3.63, 3.8) is 0 Å². The van der Waals surface area contributed by atoms with Crippen LogP contribution in [0.15, 0.2) is 18.2 Å². The van der Waals surface area contributed by atoms with Crippen LogP contribution in [-0.4, -0.2) is 105 Å². The predicted octanol–water partition coefficient (Wildman–Crippen LogP) is 8.97. The van der Waals surface area contributed by atoms with E-state index in [-0.39, 0.29) is 61.2 Å². The first kappa shape index (κ1) is 40.1. The van der Waals surface area contributed by atoms with E-state index in [1.54, 1.807) is 31.7 Å². The van der Waals surface area contributed by atoms with Gasteiger partial charge in [0.1, 0.15) is 40.6 Å². The Kier molecular flexibility index (Phi) is 11.0. The molecule has 0 spiro atoms. The molecule has 0 radical (unpaired) electrons. The van der Waals surface area contributed by atoms with E-state index in [1.807, 2.05) is 32.6 Å². The maximum Gasteiger partial charge on any atom is 0.413 e. The first-order valence-electron chi connectivity index (χ1n) is 18.9. The number of hydrogen-bond acceptors (Lipinski definition) is 11. The molecule has 3 aliphatic heterocycles. The number of amides is 2. The van der Waals surface area contributed by atoms with Gasteiger partial charge in [-0.15, -0.1) is 0 Å². The second kappa shape index (κ2) is 15.3. The average Bonchev–Trinajstić information content (AvgIpc) is 3.63. The summed E-state index contributed by atoms with van der Waals surface area (Å²) in [7, 11) is 0. The van der Waals surface area contributed by atoms with Gasteiger partial charge in [-0.1, -0.05) is 22.9 Å². The molecule has 3 fully saturated rings. The predicted molar refractivity (Wildman–Crippen MR) is 211 cm³/mol. The smallest absolute Gasteiger partial charge is 0.413 e. The SMILES string of the molecule is CC(CN1CCC(F)CC1)Oc1nc(N2CC3CCC(C2)N3C(=O)OC(C)(C)C)c2cc(Cl)c(-c3ccc(F)c4sc(NC(=O)OC(C)(C)C)nc34)c(F)c2n1. The van der Waals surface area contributed by atoms with Crippen LogP contribution >= 0.6 is 22.9 Å². The standard InChI is InChI=1S/C39H47ClF3N7O5S/c1-20(17-48-14-12-21(41)13-15-48)53-34-44-30-25(33(46-34)49-18-22-8-9-23(19-49)50(22)37(52)55-39(5,6)7)16-26(40)28(29(30)43)24-10-11-27(42)32-31(24)45-35(56-32)47-36(51)54-38(2,3)4/h10-11,16,20-23H,8-9,12-15,17-19H2,1-7H3,(H,45,47,51). The van der Waals surface area contributed by atoms with Gasteiger partial charge in [0.25, 0.3) is 0 Å². The molecule has 2 amide bonds. The molecule has 56 heavy (non-hydrogen) atoms. The van der Waals surface area contributed by atoms with E-state index in [0.29, 0.717) is 56.8 Å². The topological polar surface area (TPSA) is 122 Å². The molecule has 7 rings (SSSR count). The molecular weight excluding hydrogens is 771 g/mol. The minimum absolute atomic E-state index is 0.0103. The lowest BCUT2D eigenvalue weighted by Gasteiger charge is -2.42. The Hall–Kier alpha value is -4.15. The molecule has 0 aliphatic carbocycles. The number of fused-ring (bicyclic) bond motifs is 4. The van der Waals surface area contributed by atoms with Crippen LogP contribution in [0.5, 0.6) is 6.01 Å². The second-order valence-electron chi connectivity index (χ2n) is 16.8. The van der Waals surface area contributed by atoms with Crippen LogP contribution in [0.3, 0.4) is 0 Å². The van der Waals surface area contributed by atoms with Gasteiger partial charge in [-0.05, 0) is 92.3 Å². The van der Waals surface area contributed by atoms with Gasteiger partial charge in [0.2, 0.25) is 0 Å². The molecule has 4 aromatic rings. The van der Waals surface area contributed by atoms with Crippen molar-refractivity contribution in [3.05, 3.63) is 34.9 Å². The van der Waals surface area contributed by atoms with E-state index < -0.39 is 41.2 Å². The number of likely N-dealkylation sites (tertiary alicyclic amines) is 1. The molecule has 2 bridgehead atoms. The Morgan fingerprint density at radius 2 is 1.62 bits per heavy atom. The maximum atomic E-state index is 17.2. The fourth-order valence-corrected chi connectivity index (χ4v) is 8.85. The van der Waals surface area contributed by atoms with Gasteiger partial charge in [-0.3, -0.25) is 15.1 Å². The van der Waals surface area contributed by atoms with E-state index in [1.165, 1.54) is 12.1 Å². The molecule has 3 saturated heterocycles. The van der Waals surface area contributed by atoms with Crippen molar-refractivity contribution in [2.24, 2.45) is 0 Å². The van der Waals surface area contributed by atoms with Crippen molar-refractivity contribution >= 4 is 67.2 Å². The van der Waals surface area contributed by atoms with Crippen LogP contribution < -0.4 is 15.0 Å². The van der Waals surface area contributed by atoms with Gasteiger partial charge < -0.3 is 19.1 Å². The molecule has 2 aromatic heterocycles. The number of anilines is 2. The van der Waals surface area contributed by atoms with E-state index >= 15 is 8.78 Å². The molecule has 12 nitrogen and oxygen atoms in total. The lowest BCUT2D eigenvalue weighted by atomic mass is 10.0. The first-order valence-corrected chi connectivity index (χ1v) is 20.1. The molecule has 2 aromatic carbocycles. The fourth-order valence-electron chi connectivity index (χ4n) is 7.68. The number of halogens is 4. The van der Waals surface area contributed by atoms with Crippen LogP contribution in [0, 0.1) is 11.6 Å². The average molecular weight is 818 g/mol. The lowest BCUT2D eigenvalue weighted by molar-refractivity contribution is 0.0122. The molecule has 3 atom stereocenters. The Balaban J connectivity index is 1.28. The van der Waals surface area contributed by atoms with Crippen LogP contribution in [-0.2, 0) is 9.47 Å². The number of carbonyl (C=O) groups excluding carboxylic acids is 2. The highest BCUT2D eigenvalue weighted by atomic mass is 35.5. The number of nitrogens with one attached hydrogen (secondary N) is 1. The van der Waals surface area contributed by atoms with Crippen LogP contribution in [0.1, 0.15) is 74.1 Å². The summed E-state index contributed by atoms with van der Waals surface area (Å²) in [5, 5.41) is 2.94. The number of piperidine rings is 1. The number of rotatable bonds is 7. The zero-order valence-corrected chi connectivity index (χ0v) is 34.1. The highest BCUT2D eigenvalue weighted by Gasteiger charge is 2.45. The number of nitrogens with zero attached hydrogens (tertiary/aromatic N) is 6. The summed E-state index contributed by atoms with van der Waals surface area (Å²) < 4.78 is 63.7. The second-order valence-corrected chi connectivity index (χ2v) is 18.2. The Morgan fingerprint density at radius 1 is 0.964 bits per heavy atom. The van der Waals surface area contributed by atoms with Crippen molar-refractivity contribution in [3.8, 4) is 17.1 Å². The number of thiazole rings is 1. The summed E-state index contributed by atoms with van der Waals surface area (Å²) in [6, 6.07) is 3.77. The van der Waals surface area contributed by atoms with Crippen LogP contribution in [0.2, 0.25) is 5.02 Å². The molecule has 302 valence electrons. The fraction of sp³-hybridized carbons (Fsp3) is 0.564. The van der Waals surface area contributed by atoms with E-state index in [9.17, 15) is 14.0 Å². The monoisotopic (exact) mass is 817 g/mol. The molecular formula is C39H47ClF3N7O5S. The zero-order chi connectivity index (χ0) is 40.3. The Bertz CT molecular complexity index is 2140. The lowest BCUT2D eigenvalue weighted by Crippen LogP contribution is -2.57. The highest BCUT2D eigenvalue weighted by Crippen LogP contribution is 2.44. The molecule has 17 heteroatoms. The molecule has 3 aliphatic rings. The molecule has 3 unspecified atom stereocenters. The van der Waals surface area contributed by atoms with Gasteiger partial charge in [0.15, 0.2) is 10.9 Å². The minimum Gasteiger partial charge on any atom is -0.459 e. The number of alkyl halides is 1. The summed E-state index contributed by atoms with van der Waals surface area (Å²) in [6.07, 6.45) is 0.0371. The van der Waals surface area contributed by atoms with Crippen molar-refractivity contribution in [2.75, 3.05) is 42.9 Å². The Labute approximate surface area is 332 Å². The summed E-state index contributed by atoms with van der Waals surface area (Å²) >= 11 is 7.82. The number of hydrogen-bond donors (Lipinski definition) is 1. The maximum absolute atomic E-state index is 17.2. The number of ether oxygens (including phenoxy) is 3. The quantitative estimate of drug-likeness (QED) is 0.193. The zero-order valence-electron chi connectivity index (χ0n) is 32.6. The number of aromatic nitrogens is 3. The third-order valence-corrected chi connectivity index (χ3v) is 11.2. The molecule has 5 heterocycles. The van der Waals surface area contributed by atoms with Gasteiger partial charge >= 0.3 is 18.2 Å². The summed E-state index contributed by atoms with van der Waals surface area (Å²) in [4.78, 5) is 45.6. The van der Waals surface area contributed by atoms with Crippen molar-refractivity contribution < 1.29 is 37.0 Å². The van der Waals surface area contributed by atoms with Crippen molar-refractivity contribution in [1.29, 1.82) is 0 Å². The first-order chi connectivity index (χ1) is 26.3. The van der Waals surface area contributed by atoms with Crippen LogP contribution in [0.4, 0.5) is 33.7 Å². The number of benzene rings is 2. The van der Waals surface area contributed by atoms with E-state index in [4.69, 9.17) is 30.8 Å². The summed E-state index contributed by atoms with van der Waals surface area (Å²) in [5.74, 6) is -1.01. The molecule has 0 saturated carbocycles. The summed E-state index contributed by atoms with van der Waals surface area (Å²) in [5.41, 5.74) is -1.29. The van der Waals surface area contributed by atoms with E-state index in [0.717, 1.165) is 24.2 Å². The largest absolute Gasteiger partial charge is 0.459 e. The number of carbonyl (C=O) groups is 2. The third-order valence-electron chi connectivity index (χ3n) is 9.94. The minimum atomic E-state index is -0.816. The highest BCUT2D eigenvalue weighted by molar-refractivity contribution is 7.22. The van der Waals surface area contributed by atoms with Crippen molar-refractivity contribution in [2.45, 2.75) is 110 Å². The van der Waals surface area contributed by atoms with Gasteiger partial charge in [0, 0.05) is 49.2 Å². The normalized spacial score (nSPS) is 20.1. The Morgan fingerprint density at radius 3 is 2.27 bits per heavy atom. The number of piperazine rings is 1. The van der Waals surface area contributed by atoms with Gasteiger partial charge in [-0.2, -0.15) is 9.97 Å². The third kappa shape index (κ3) is 8.57. The van der Waals surface area contributed by atoms with Gasteiger partial charge in [-0.25, -0.2) is 27.7 Å². The molecule has 1 N–H and O–H groups in total. The van der Waals surface area contributed by atoms with E-state index in [2.05, 4.69) is 20.2 Å². The summed E-state index contributed by atoms with van der Waals surface area (Å²) in [6.45, 7) is 15.0.